The molecular formula is C9H11N3O4. The van der Waals surface area contributed by atoms with E-state index in [1.165, 1.54) is 6.33 Å². The molecule has 1 aliphatic heterocycles. The van der Waals surface area contributed by atoms with E-state index in [4.69, 9.17) is 5.11 Å². The van der Waals surface area contributed by atoms with Crippen LogP contribution in [0.1, 0.15) is 18.5 Å². The summed E-state index contributed by atoms with van der Waals surface area (Å²) in [6, 6.07) is 0. The van der Waals surface area contributed by atoms with Crippen LogP contribution in [-0.4, -0.2) is 25.6 Å². The van der Waals surface area contributed by atoms with Gasteiger partial charge in [0, 0.05) is 13.0 Å². The molecule has 16 heavy (non-hydrogen) atoms. The molecule has 0 spiro atoms. The lowest BCUT2D eigenvalue weighted by Gasteiger charge is -2.21. The van der Waals surface area contributed by atoms with Gasteiger partial charge in [-0.25, -0.2) is 0 Å². The van der Waals surface area contributed by atoms with E-state index in [1.54, 1.807) is 4.57 Å². The van der Waals surface area contributed by atoms with Crippen LogP contribution < -0.4 is 0 Å². The summed E-state index contributed by atoms with van der Waals surface area (Å²) in [5, 5.41) is 19.3. The first kappa shape index (κ1) is 10.6. The number of fused-ring (bicyclic) bond motifs is 1. The van der Waals surface area contributed by atoms with E-state index in [0.717, 1.165) is 0 Å². The zero-order chi connectivity index (χ0) is 11.7. The molecule has 1 aromatic rings. The van der Waals surface area contributed by atoms with Gasteiger partial charge in [0.1, 0.15) is 5.69 Å². The van der Waals surface area contributed by atoms with Crippen LogP contribution in [0.4, 0.5) is 5.82 Å². The molecule has 86 valence electrons. The fourth-order valence-corrected chi connectivity index (χ4v) is 2.09. The Balaban J connectivity index is 2.16. The third-order valence-corrected chi connectivity index (χ3v) is 2.80. The summed E-state index contributed by atoms with van der Waals surface area (Å²) in [7, 11) is 0. The van der Waals surface area contributed by atoms with Crippen molar-refractivity contribution in [2.24, 2.45) is 5.92 Å². The van der Waals surface area contributed by atoms with E-state index >= 15 is 0 Å². The highest BCUT2D eigenvalue weighted by Gasteiger charge is 2.28. The minimum Gasteiger partial charge on any atom is -0.481 e. The molecular weight excluding hydrogens is 214 g/mol. The van der Waals surface area contributed by atoms with Crippen LogP contribution in [0.2, 0.25) is 0 Å². The monoisotopic (exact) mass is 225 g/mol. The Kier molecular flexibility index (Phi) is 2.59. The number of nitrogens with zero attached hydrogens (tertiary/aromatic N) is 3. The first-order valence-electron chi connectivity index (χ1n) is 4.98. The molecule has 1 unspecified atom stereocenters. The summed E-state index contributed by atoms with van der Waals surface area (Å²) >= 11 is 0. The number of hydrogen-bond acceptors (Lipinski definition) is 4. The van der Waals surface area contributed by atoms with Crippen LogP contribution in [0.15, 0.2) is 6.33 Å². The van der Waals surface area contributed by atoms with Gasteiger partial charge in [0.15, 0.2) is 0 Å². The summed E-state index contributed by atoms with van der Waals surface area (Å²) in [5.74, 6) is -0.893. The number of carboxylic acid groups (broad SMARTS) is 1. The number of aliphatic carboxylic acids is 1. The molecule has 1 atom stereocenters. The van der Waals surface area contributed by atoms with Gasteiger partial charge in [-0.05, 0) is 28.7 Å². The molecule has 1 aromatic heterocycles. The van der Waals surface area contributed by atoms with Gasteiger partial charge < -0.3 is 19.8 Å². The minimum atomic E-state index is -0.830. The smallest absolute Gasteiger partial charge is 0.384 e. The number of carboxylic acids is 1. The Bertz CT molecular complexity index is 440. The maximum atomic E-state index is 10.6. The van der Waals surface area contributed by atoms with E-state index < -0.39 is 10.9 Å². The molecule has 7 heteroatoms. The van der Waals surface area contributed by atoms with Gasteiger partial charge in [-0.1, -0.05) is 0 Å². The molecule has 2 rings (SSSR count). The zero-order valence-electron chi connectivity index (χ0n) is 8.50. The number of rotatable bonds is 3. The van der Waals surface area contributed by atoms with Gasteiger partial charge in [-0.15, -0.1) is 0 Å². The fraction of sp³-hybridized carbons (Fsp3) is 0.556. The second-order valence-electron chi connectivity index (χ2n) is 3.93. The first-order chi connectivity index (χ1) is 7.58. The van der Waals surface area contributed by atoms with Crippen molar-refractivity contribution in [3.8, 4) is 0 Å². The normalized spacial score (nSPS) is 19.1. The second-order valence-corrected chi connectivity index (χ2v) is 3.93. The van der Waals surface area contributed by atoms with E-state index in [2.05, 4.69) is 4.98 Å². The highest BCUT2D eigenvalue weighted by atomic mass is 16.6. The SMILES string of the molecule is O=C(O)CC1CCc2c([N+](=O)[O-])ncn2C1. The van der Waals surface area contributed by atoms with Crippen molar-refractivity contribution >= 4 is 11.8 Å². The van der Waals surface area contributed by atoms with Crippen LogP contribution in [0, 0.1) is 16.0 Å². The van der Waals surface area contributed by atoms with Gasteiger partial charge >= 0.3 is 11.8 Å². The van der Waals surface area contributed by atoms with E-state index in [9.17, 15) is 14.9 Å². The van der Waals surface area contributed by atoms with Crippen molar-refractivity contribution in [1.29, 1.82) is 0 Å². The molecule has 0 radical (unpaired) electrons. The molecule has 2 heterocycles. The predicted octanol–water partition coefficient (Wildman–Crippen LogP) is 0.828. The minimum absolute atomic E-state index is 0.0406. The Morgan fingerprint density at radius 3 is 3.12 bits per heavy atom. The van der Waals surface area contributed by atoms with Crippen molar-refractivity contribution in [2.45, 2.75) is 25.8 Å². The zero-order valence-corrected chi connectivity index (χ0v) is 8.50. The summed E-state index contributed by atoms with van der Waals surface area (Å²) in [4.78, 5) is 24.4. The number of hydrogen-bond donors (Lipinski definition) is 1. The molecule has 0 bridgehead atoms. The van der Waals surface area contributed by atoms with Gasteiger partial charge in [0.2, 0.25) is 6.33 Å². The average molecular weight is 225 g/mol. The quantitative estimate of drug-likeness (QED) is 0.606. The predicted molar refractivity (Wildman–Crippen MR) is 52.9 cm³/mol. The highest BCUT2D eigenvalue weighted by Crippen LogP contribution is 2.27. The lowest BCUT2D eigenvalue weighted by molar-refractivity contribution is -0.390. The molecule has 0 saturated carbocycles. The average Bonchev–Trinajstić information content (AvgIpc) is 2.59. The molecule has 0 saturated heterocycles. The Hall–Kier alpha value is -1.92. The van der Waals surface area contributed by atoms with Crippen molar-refractivity contribution in [1.82, 2.24) is 9.55 Å². The van der Waals surface area contributed by atoms with Gasteiger partial charge in [-0.2, -0.15) is 0 Å². The molecule has 0 amide bonds. The summed E-state index contributed by atoms with van der Waals surface area (Å²) in [5.41, 5.74) is 0.603. The van der Waals surface area contributed by atoms with E-state index in [1.807, 2.05) is 0 Å². The fourth-order valence-electron chi connectivity index (χ4n) is 2.09. The Labute approximate surface area is 90.9 Å². The summed E-state index contributed by atoms with van der Waals surface area (Å²) in [6.07, 6.45) is 2.71. The third kappa shape index (κ3) is 1.88. The van der Waals surface area contributed by atoms with E-state index in [0.29, 0.717) is 25.1 Å². The first-order valence-corrected chi connectivity index (χ1v) is 4.98. The topological polar surface area (TPSA) is 98.3 Å². The van der Waals surface area contributed by atoms with Crippen molar-refractivity contribution < 1.29 is 14.8 Å². The number of nitro groups is 1. The molecule has 7 nitrogen and oxygen atoms in total. The third-order valence-electron chi connectivity index (χ3n) is 2.80. The van der Waals surface area contributed by atoms with Gasteiger partial charge in [0.25, 0.3) is 0 Å². The number of carbonyl (C=O) groups is 1. The van der Waals surface area contributed by atoms with E-state index in [-0.39, 0.29) is 18.2 Å². The van der Waals surface area contributed by atoms with Crippen LogP contribution in [0.25, 0.3) is 0 Å². The molecule has 0 aliphatic carbocycles. The maximum absolute atomic E-state index is 10.6. The number of imidazole rings is 1. The summed E-state index contributed by atoms with van der Waals surface area (Å²) in [6.45, 7) is 0.502. The van der Waals surface area contributed by atoms with Crippen molar-refractivity contribution in [2.75, 3.05) is 0 Å². The van der Waals surface area contributed by atoms with Crippen LogP contribution in [0.3, 0.4) is 0 Å². The van der Waals surface area contributed by atoms with Crippen molar-refractivity contribution in [3.05, 3.63) is 22.1 Å². The van der Waals surface area contributed by atoms with Crippen molar-refractivity contribution in [3.63, 3.8) is 0 Å². The summed E-state index contributed by atoms with van der Waals surface area (Å²) < 4.78 is 1.69. The Morgan fingerprint density at radius 1 is 1.75 bits per heavy atom. The standard InChI is InChI=1S/C9H11N3O4/c13-8(14)3-6-1-2-7-9(12(15)16)10-5-11(7)4-6/h5-6H,1-4H2,(H,13,14). The van der Waals surface area contributed by atoms with Gasteiger partial charge in [0.05, 0.1) is 0 Å². The lowest BCUT2D eigenvalue weighted by Crippen LogP contribution is -2.22. The largest absolute Gasteiger partial charge is 0.481 e. The van der Waals surface area contributed by atoms with Gasteiger partial charge in [-0.3, -0.25) is 4.79 Å². The molecule has 1 N–H and O–H groups in total. The van der Waals surface area contributed by atoms with Crippen LogP contribution in [-0.2, 0) is 17.8 Å². The molecule has 1 aliphatic rings. The Morgan fingerprint density at radius 2 is 2.50 bits per heavy atom. The highest BCUT2D eigenvalue weighted by molar-refractivity contribution is 5.67. The maximum Gasteiger partial charge on any atom is 0.384 e. The second kappa shape index (κ2) is 3.92. The van der Waals surface area contributed by atoms with Crippen LogP contribution >= 0.6 is 0 Å². The lowest BCUT2D eigenvalue weighted by atomic mass is 9.95. The van der Waals surface area contributed by atoms with Crippen LogP contribution in [0.5, 0.6) is 0 Å². The molecule has 0 aromatic carbocycles. The molecule has 0 fully saturated rings. The number of aromatic nitrogens is 2.